The Morgan fingerprint density at radius 3 is 3.06 bits per heavy atom. The topological polar surface area (TPSA) is 64.2 Å². The molecule has 0 radical (unpaired) electrons. The molecule has 0 spiro atoms. The highest BCUT2D eigenvalue weighted by molar-refractivity contribution is 8.03. The fraction of sp³-hybridized carbons (Fsp3) is 0.500. The van der Waals surface area contributed by atoms with E-state index in [-0.39, 0.29) is 6.03 Å². The minimum Gasteiger partial charge on any atom is -0.334 e. The third-order valence-corrected chi connectivity index (χ3v) is 4.20. The molecule has 1 aliphatic heterocycles. The van der Waals surface area contributed by atoms with Crippen LogP contribution >= 0.6 is 11.8 Å². The average Bonchev–Trinajstić information content (AvgIpc) is 2.92. The summed E-state index contributed by atoms with van der Waals surface area (Å²) in [6.45, 7) is 0.586. The zero-order chi connectivity index (χ0) is 12.5. The van der Waals surface area contributed by atoms with Gasteiger partial charge in [-0.25, -0.2) is 9.59 Å². The highest BCUT2D eigenvalue weighted by atomic mass is 32.2. The fourth-order valence-electron chi connectivity index (χ4n) is 2.00. The van der Waals surface area contributed by atoms with E-state index in [1.807, 2.05) is 5.41 Å². The highest BCUT2D eigenvalue weighted by Crippen LogP contribution is 2.39. The Morgan fingerprint density at radius 1 is 1.56 bits per heavy atom. The second-order valence-corrected chi connectivity index (χ2v) is 5.81. The number of carbonyl (C=O) groups is 1. The molecule has 2 aliphatic rings. The first kappa shape index (κ1) is 11.6. The molecule has 1 aromatic heterocycles. The van der Waals surface area contributed by atoms with E-state index >= 15 is 0 Å². The van der Waals surface area contributed by atoms with Crippen molar-refractivity contribution in [2.75, 3.05) is 6.54 Å². The lowest BCUT2D eigenvalue weighted by Gasteiger charge is -2.10. The van der Waals surface area contributed by atoms with Gasteiger partial charge >= 0.3 is 11.7 Å². The van der Waals surface area contributed by atoms with Crippen molar-refractivity contribution in [1.29, 1.82) is 0 Å². The third kappa shape index (κ3) is 2.38. The van der Waals surface area contributed by atoms with Gasteiger partial charge in [0.15, 0.2) is 0 Å². The SMILES string of the molecule is O=C(NCC1CC=CS1)n1oc(=O)cc1C1CC1. The van der Waals surface area contributed by atoms with Crippen LogP contribution in [0.5, 0.6) is 0 Å². The molecule has 2 heterocycles. The maximum atomic E-state index is 12.0. The monoisotopic (exact) mass is 266 g/mol. The number of nitrogens with zero attached hydrogens (tertiary/aromatic N) is 1. The summed E-state index contributed by atoms with van der Waals surface area (Å²) < 4.78 is 6.04. The van der Waals surface area contributed by atoms with Crippen molar-refractivity contribution >= 4 is 17.8 Å². The van der Waals surface area contributed by atoms with Crippen molar-refractivity contribution in [2.24, 2.45) is 0 Å². The van der Waals surface area contributed by atoms with Gasteiger partial charge in [-0.1, -0.05) is 6.08 Å². The van der Waals surface area contributed by atoms with Crippen molar-refractivity contribution in [3.63, 3.8) is 0 Å². The number of nitrogens with one attached hydrogen (secondary N) is 1. The summed E-state index contributed by atoms with van der Waals surface area (Å²) in [5.41, 5.74) is 0.249. The maximum absolute atomic E-state index is 12.0. The number of hydrogen-bond donors (Lipinski definition) is 1. The van der Waals surface area contributed by atoms with Crippen LogP contribution in [-0.2, 0) is 0 Å². The van der Waals surface area contributed by atoms with E-state index in [9.17, 15) is 9.59 Å². The molecule has 6 heteroatoms. The Bertz CT molecular complexity index is 534. The summed E-state index contributed by atoms with van der Waals surface area (Å²) in [5, 5.41) is 5.24. The quantitative estimate of drug-likeness (QED) is 0.907. The molecule has 3 rings (SSSR count). The number of aromatic nitrogens is 1. The van der Waals surface area contributed by atoms with Crippen LogP contribution in [0, 0.1) is 0 Å². The van der Waals surface area contributed by atoms with Gasteiger partial charge in [0, 0.05) is 23.8 Å². The number of thioether (sulfide) groups is 1. The van der Waals surface area contributed by atoms with Gasteiger partial charge < -0.3 is 9.84 Å². The van der Waals surface area contributed by atoms with Crippen molar-refractivity contribution < 1.29 is 9.32 Å². The van der Waals surface area contributed by atoms with E-state index in [1.165, 1.54) is 6.07 Å². The van der Waals surface area contributed by atoms with Gasteiger partial charge in [0.1, 0.15) is 0 Å². The van der Waals surface area contributed by atoms with E-state index in [4.69, 9.17) is 4.52 Å². The predicted octanol–water partition coefficient (Wildman–Crippen LogP) is 1.90. The third-order valence-electron chi connectivity index (χ3n) is 3.11. The molecule has 1 aromatic rings. The Morgan fingerprint density at radius 2 is 2.39 bits per heavy atom. The zero-order valence-electron chi connectivity index (χ0n) is 9.80. The lowest BCUT2D eigenvalue weighted by Crippen LogP contribution is -2.33. The van der Waals surface area contributed by atoms with Crippen LogP contribution in [0.4, 0.5) is 4.79 Å². The maximum Gasteiger partial charge on any atom is 0.358 e. The summed E-state index contributed by atoms with van der Waals surface area (Å²) in [6.07, 6.45) is 5.10. The van der Waals surface area contributed by atoms with Crippen LogP contribution < -0.4 is 10.9 Å². The first-order chi connectivity index (χ1) is 8.74. The molecule has 1 unspecified atom stereocenters. The first-order valence-electron chi connectivity index (χ1n) is 6.06. The van der Waals surface area contributed by atoms with Crippen molar-refractivity contribution in [3.8, 4) is 0 Å². The molecule has 0 aromatic carbocycles. The molecule has 1 atom stereocenters. The van der Waals surface area contributed by atoms with Crippen molar-refractivity contribution in [3.05, 3.63) is 33.7 Å². The summed E-state index contributed by atoms with van der Waals surface area (Å²) in [7, 11) is 0. The molecule has 1 fully saturated rings. The smallest absolute Gasteiger partial charge is 0.334 e. The molecule has 1 N–H and O–H groups in total. The number of hydrogen-bond acceptors (Lipinski definition) is 4. The Hall–Kier alpha value is -1.43. The van der Waals surface area contributed by atoms with Gasteiger partial charge in [0.25, 0.3) is 0 Å². The molecule has 96 valence electrons. The molecular formula is C12H14N2O3S. The van der Waals surface area contributed by atoms with Crippen LogP contribution in [-0.4, -0.2) is 22.6 Å². The molecule has 5 nitrogen and oxygen atoms in total. The molecule has 1 saturated carbocycles. The van der Waals surface area contributed by atoms with Crippen LogP contribution in [0.15, 0.2) is 26.9 Å². The molecule has 1 amide bonds. The fourth-order valence-corrected chi connectivity index (χ4v) is 2.85. The van der Waals surface area contributed by atoms with Crippen molar-refractivity contribution in [2.45, 2.75) is 30.4 Å². The number of rotatable bonds is 3. The summed E-state index contributed by atoms with van der Waals surface area (Å²) in [4.78, 5) is 23.2. The largest absolute Gasteiger partial charge is 0.358 e. The summed E-state index contributed by atoms with van der Waals surface area (Å²) in [6, 6.07) is 1.08. The van der Waals surface area contributed by atoms with Crippen molar-refractivity contribution in [1.82, 2.24) is 10.1 Å². The van der Waals surface area contributed by atoms with Crippen LogP contribution in [0.3, 0.4) is 0 Å². The summed E-state index contributed by atoms with van der Waals surface area (Å²) in [5.74, 6) is 0.310. The van der Waals surface area contributed by atoms with Gasteiger partial charge in [-0.2, -0.15) is 0 Å². The standard InChI is InChI=1S/C12H14N2O3S/c15-11-6-10(8-3-4-8)14(17-11)12(16)13-7-9-2-1-5-18-9/h1,5-6,8-9H,2-4,7H2,(H,13,16). The molecule has 18 heavy (non-hydrogen) atoms. The second kappa shape index (κ2) is 4.68. The Labute approximate surface area is 108 Å². The van der Waals surface area contributed by atoms with Gasteiger partial charge in [-0.05, 0) is 24.7 Å². The van der Waals surface area contributed by atoms with E-state index in [2.05, 4.69) is 11.4 Å². The predicted molar refractivity (Wildman–Crippen MR) is 68.9 cm³/mol. The van der Waals surface area contributed by atoms with Crippen LogP contribution in [0.2, 0.25) is 0 Å². The minimum atomic E-state index is -0.455. The lowest BCUT2D eigenvalue weighted by molar-refractivity contribution is 0.204. The van der Waals surface area contributed by atoms with Gasteiger partial charge in [0.2, 0.25) is 0 Å². The molecule has 1 aliphatic carbocycles. The molecular weight excluding hydrogens is 252 g/mol. The number of amides is 1. The second-order valence-electron chi connectivity index (χ2n) is 4.60. The lowest BCUT2D eigenvalue weighted by atomic mass is 10.3. The van der Waals surface area contributed by atoms with E-state index in [0.717, 1.165) is 24.0 Å². The Balaban J connectivity index is 1.66. The van der Waals surface area contributed by atoms with Crippen LogP contribution in [0.1, 0.15) is 30.9 Å². The van der Waals surface area contributed by atoms with E-state index in [1.54, 1.807) is 11.8 Å². The van der Waals surface area contributed by atoms with E-state index < -0.39 is 5.63 Å². The molecule has 0 bridgehead atoms. The minimum absolute atomic E-state index is 0.310. The zero-order valence-corrected chi connectivity index (χ0v) is 10.6. The number of allylic oxidation sites excluding steroid dienone is 1. The van der Waals surface area contributed by atoms with Gasteiger partial charge in [-0.3, -0.25) is 0 Å². The highest BCUT2D eigenvalue weighted by Gasteiger charge is 2.30. The van der Waals surface area contributed by atoms with Gasteiger partial charge in [0.05, 0.1) is 5.69 Å². The van der Waals surface area contributed by atoms with Crippen LogP contribution in [0.25, 0.3) is 0 Å². The van der Waals surface area contributed by atoms with Gasteiger partial charge in [-0.15, -0.1) is 16.5 Å². The molecule has 0 saturated heterocycles. The average molecular weight is 266 g/mol. The number of carbonyl (C=O) groups excluding carboxylic acids is 1. The summed E-state index contributed by atoms with van der Waals surface area (Å²) >= 11 is 1.71. The normalized spacial score (nSPS) is 22.3. The Kier molecular flexibility index (Phi) is 3.03. The first-order valence-corrected chi connectivity index (χ1v) is 7.00. The van der Waals surface area contributed by atoms with E-state index in [0.29, 0.717) is 23.4 Å².